The van der Waals surface area contributed by atoms with Crippen molar-refractivity contribution in [3.63, 3.8) is 0 Å². The first-order chi connectivity index (χ1) is 11.3. The second kappa shape index (κ2) is 5.33. The summed E-state index contributed by atoms with van der Waals surface area (Å²) in [4.78, 5) is 4.65. The molecule has 0 spiro atoms. The zero-order valence-corrected chi connectivity index (χ0v) is 12.3. The Bertz CT molecular complexity index is 902. The van der Waals surface area contributed by atoms with E-state index in [-0.39, 0.29) is 5.82 Å². The predicted octanol–water partition coefficient (Wildman–Crippen LogP) is 3.96. The molecule has 4 rings (SSSR count). The molecule has 23 heavy (non-hydrogen) atoms. The first kappa shape index (κ1) is 13.6. The summed E-state index contributed by atoms with van der Waals surface area (Å²) in [6.07, 6.45) is 3.95. The minimum Gasteiger partial charge on any atom is -0.260 e. The molecule has 1 saturated carbocycles. The van der Waals surface area contributed by atoms with Crippen LogP contribution in [0.15, 0.2) is 48.7 Å². The highest BCUT2D eigenvalue weighted by molar-refractivity contribution is 5.69. The van der Waals surface area contributed by atoms with Gasteiger partial charge in [0.2, 0.25) is 0 Å². The summed E-state index contributed by atoms with van der Waals surface area (Å²) in [5.41, 5.74) is 3.52. The Balaban J connectivity index is 1.84. The van der Waals surface area contributed by atoms with Gasteiger partial charge in [-0.15, -0.1) is 0 Å². The maximum atomic E-state index is 13.1. The lowest BCUT2D eigenvalue weighted by Gasteiger charge is -2.09. The molecule has 0 atom stereocenters. The third-order valence-electron chi connectivity index (χ3n) is 3.96. The summed E-state index contributed by atoms with van der Waals surface area (Å²) in [7, 11) is 0. The molecule has 2 aromatic heterocycles. The van der Waals surface area contributed by atoms with Gasteiger partial charge in [0.15, 0.2) is 0 Å². The van der Waals surface area contributed by atoms with Gasteiger partial charge >= 0.3 is 0 Å². The Hall–Kier alpha value is -3.00. The molecule has 0 saturated heterocycles. The van der Waals surface area contributed by atoms with Crippen molar-refractivity contribution in [3.8, 4) is 28.7 Å². The van der Waals surface area contributed by atoms with Crippen LogP contribution in [0.1, 0.15) is 24.4 Å². The van der Waals surface area contributed by atoms with Gasteiger partial charge in [0, 0.05) is 11.8 Å². The normalized spacial score (nSPS) is 13.7. The molecule has 4 nitrogen and oxygen atoms in total. The van der Waals surface area contributed by atoms with Crippen molar-refractivity contribution in [1.82, 2.24) is 14.8 Å². The van der Waals surface area contributed by atoms with E-state index >= 15 is 0 Å². The van der Waals surface area contributed by atoms with Crippen molar-refractivity contribution in [2.24, 2.45) is 0 Å². The van der Waals surface area contributed by atoms with E-state index in [0.717, 1.165) is 24.1 Å². The van der Waals surface area contributed by atoms with Gasteiger partial charge in [-0.25, -0.2) is 9.37 Å². The molecule has 0 bridgehead atoms. The lowest BCUT2D eigenvalue weighted by atomic mass is 10.1. The van der Waals surface area contributed by atoms with E-state index in [1.54, 1.807) is 30.5 Å². The lowest BCUT2D eigenvalue weighted by Crippen LogP contribution is -2.02. The summed E-state index contributed by atoms with van der Waals surface area (Å²) >= 11 is 0. The molecule has 5 heteroatoms. The van der Waals surface area contributed by atoms with E-state index in [0.29, 0.717) is 23.0 Å². The molecule has 0 unspecified atom stereocenters. The monoisotopic (exact) mass is 304 g/mol. The minimum atomic E-state index is -0.283. The van der Waals surface area contributed by atoms with Gasteiger partial charge in [0.1, 0.15) is 17.6 Å². The molecule has 0 amide bonds. The highest BCUT2D eigenvalue weighted by Gasteiger charge is 2.27. The van der Waals surface area contributed by atoms with E-state index in [1.165, 1.54) is 12.1 Å². The maximum absolute atomic E-state index is 13.1. The quantitative estimate of drug-likeness (QED) is 0.736. The van der Waals surface area contributed by atoms with E-state index in [1.807, 2.05) is 10.7 Å². The first-order valence-electron chi connectivity index (χ1n) is 7.47. The van der Waals surface area contributed by atoms with Gasteiger partial charge in [0.05, 0.1) is 23.0 Å². The van der Waals surface area contributed by atoms with Crippen LogP contribution in [0.3, 0.4) is 0 Å². The Kier molecular flexibility index (Phi) is 3.16. The van der Waals surface area contributed by atoms with Gasteiger partial charge in [-0.2, -0.15) is 10.4 Å². The highest BCUT2D eigenvalue weighted by atomic mass is 19.1. The smallest absolute Gasteiger partial charge is 0.123 e. The van der Waals surface area contributed by atoms with Crippen LogP contribution >= 0.6 is 0 Å². The number of rotatable bonds is 3. The molecule has 1 aromatic carbocycles. The van der Waals surface area contributed by atoms with E-state index in [9.17, 15) is 9.65 Å². The van der Waals surface area contributed by atoms with Crippen LogP contribution in [0.4, 0.5) is 4.39 Å². The van der Waals surface area contributed by atoms with Crippen molar-refractivity contribution in [3.05, 3.63) is 60.0 Å². The van der Waals surface area contributed by atoms with Crippen LogP contribution in [0.2, 0.25) is 0 Å². The largest absolute Gasteiger partial charge is 0.260 e. The molecule has 0 radical (unpaired) electrons. The number of benzene rings is 1. The highest BCUT2D eigenvalue weighted by Crippen LogP contribution is 2.38. The molecule has 0 N–H and O–H groups in total. The van der Waals surface area contributed by atoms with Crippen LogP contribution in [-0.4, -0.2) is 14.8 Å². The topological polar surface area (TPSA) is 54.5 Å². The lowest BCUT2D eigenvalue weighted by molar-refractivity contribution is 0.628. The first-order valence-corrected chi connectivity index (χ1v) is 7.47. The summed E-state index contributed by atoms with van der Waals surface area (Å²) < 4.78 is 15.0. The predicted molar refractivity (Wildman–Crippen MR) is 83.8 cm³/mol. The standard InChI is InChI=1S/C18H13FN4/c19-14-4-1-12(2-5-14)16-8-3-13(11-20)18(22-16)17-9-10-21-23(17)15-6-7-15/h1-5,8-10,15H,6-7H2. The zero-order chi connectivity index (χ0) is 15.8. The third-order valence-corrected chi connectivity index (χ3v) is 3.96. The Morgan fingerprint density at radius 1 is 1.09 bits per heavy atom. The number of aromatic nitrogens is 3. The van der Waals surface area contributed by atoms with Crippen LogP contribution in [0.5, 0.6) is 0 Å². The van der Waals surface area contributed by atoms with Crippen molar-refractivity contribution in [1.29, 1.82) is 5.26 Å². The molecule has 112 valence electrons. The van der Waals surface area contributed by atoms with Crippen LogP contribution < -0.4 is 0 Å². The second-order valence-corrected chi connectivity index (χ2v) is 5.60. The number of hydrogen-bond acceptors (Lipinski definition) is 3. The summed E-state index contributed by atoms with van der Waals surface area (Å²) in [5, 5.41) is 13.8. The SMILES string of the molecule is N#Cc1ccc(-c2ccc(F)cc2)nc1-c1ccnn1C1CC1. The minimum absolute atomic E-state index is 0.283. The average molecular weight is 304 g/mol. The van der Waals surface area contributed by atoms with Crippen molar-refractivity contribution >= 4 is 0 Å². The number of halogens is 1. The fourth-order valence-electron chi connectivity index (χ4n) is 2.64. The molecular weight excluding hydrogens is 291 g/mol. The summed E-state index contributed by atoms with van der Waals surface area (Å²) in [6.45, 7) is 0. The molecule has 1 aliphatic rings. The number of hydrogen-bond donors (Lipinski definition) is 0. The van der Waals surface area contributed by atoms with Crippen molar-refractivity contribution in [2.75, 3.05) is 0 Å². The molecule has 1 fully saturated rings. The molecule has 2 heterocycles. The van der Waals surface area contributed by atoms with Crippen LogP contribution in [0.25, 0.3) is 22.6 Å². The van der Waals surface area contributed by atoms with Gasteiger partial charge in [-0.05, 0) is 55.3 Å². The van der Waals surface area contributed by atoms with E-state index in [4.69, 9.17) is 0 Å². The van der Waals surface area contributed by atoms with Gasteiger partial charge < -0.3 is 0 Å². The molecular formula is C18H13FN4. The van der Waals surface area contributed by atoms with Crippen LogP contribution in [-0.2, 0) is 0 Å². The molecule has 3 aromatic rings. The Labute approximate surface area is 132 Å². The van der Waals surface area contributed by atoms with Crippen LogP contribution in [0, 0.1) is 17.1 Å². The third kappa shape index (κ3) is 2.49. The number of nitrogens with zero attached hydrogens (tertiary/aromatic N) is 4. The average Bonchev–Trinajstić information content (AvgIpc) is 3.32. The summed E-state index contributed by atoms with van der Waals surface area (Å²) in [5.74, 6) is -0.283. The van der Waals surface area contributed by atoms with Crippen molar-refractivity contribution < 1.29 is 4.39 Å². The van der Waals surface area contributed by atoms with E-state index < -0.39 is 0 Å². The second-order valence-electron chi connectivity index (χ2n) is 5.60. The molecule has 0 aliphatic heterocycles. The number of nitriles is 1. The fraction of sp³-hybridized carbons (Fsp3) is 0.167. The van der Waals surface area contributed by atoms with Gasteiger partial charge in [0.25, 0.3) is 0 Å². The van der Waals surface area contributed by atoms with E-state index in [2.05, 4.69) is 16.2 Å². The fourth-order valence-corrected chi connectivity index (χ4v) is 2.64. The van der Waals surface area contributed by atoms with Crippen molar-refractivity contribution in [2.45, 2.75) is 18.9 Å². The molecule has 1 aliphatic carbocycles. The Morgan fingerprint density at radius 3 is 2.57 bits per heavy atom. The number of pyridine rings is 1. The Morgan fingerprint density at radius 2 is 1.87 bits per heavy atom. The van der Waals surface area contributed by atoms with Gasteiger partial charge in [-0.3, -0.25) is 4.68 Å². The maximum Gasteiger partial charge on any atom is 0.123 e. The summed E-state index contributed by atoms with van der Waals surface area (Å²) in [6, 6.07) is 14.2. The van der Waals surface area contributed by atoms with Gasteiger partial charge in [-0.1, -0.05) is 0 Å². The zero-order valence-electron chi connectivity index (χ0n) is 12.3.